The Morgan fingerprint density at radius 1 is 1.03 bits per heavy atom. The largest absolute Gasteiger partial charge is 0.508 e. The minimum atomic E-state index is 0.283. The number of phenols is 1. The second kappa shape index (κ2) is 9.27. The number of para-hydroxylation sites is 1. The quantitative estimate of drug-likeness (QED) is 0.524. The van der Waals surface area contributed by atoms with Gasteiger partial charge in [-0.1, -0.05) is 12.1 Å². The molecule has 3 N–H and O–H groups in total. The number of benzene rings is 2. The van der Waals surface area contributed by atoms with Gasteiger partial charge in [-0.25, -0.2) is 4.98 Å². The normalized spacial score (nSPS) is 20.0. The molecule has 0 saturated heterocycles. The molecule has 2 aliphatic rings. The van der Waals surface area contributed by atoms with E-state index in [1.54, 1.807) is 12.1 Å². The van der Waals surface area contributed by atoms with Crippen molar-refractivity contribution < 1.29 is 9.84 Å². The Balaban J connectivity index is 1.14. The topological polar surface area (TPSA) is 82.5 Å². The maximum atomic E-state index is 9.73. The molecule has 0 atom stereocenters. The monoisotopic (exact) mass is 445 g/mol. The predicted molar refractivity (Wildman–Crippen MR) is 132 cm³/mol. The van der Waals surface area contributed by atoms with Crippen molar-refractivity contribution in [1.82, 2.24) is 15.3 Å². The summed E-state index contributed by atoms with van der Waals surface area (Å²) in [5.41, 5.74) is 3.20. The summed E-state index contributed by atoms with van der Waals surface area (Å²) in [5, 5.41) is 18.1. The summed E-state index contributed by atoms with van der Waals surface area (Å²) in [5.74, 6) is 2.76. The fraction of sp³-hybridized carbons (Fsp3) is 0.385. The molecule has 2 heterocycles. The van der Waals surface area contributed by atoms with E-state index in [-0.39, 0.29) is 5.75 Å². The van der Waals surface area contributed by atoms with Crippen molar-refractivity contribution in [2.24, 2.45) is 0 Å². The van der Waals surface area contributed by atoms with Crippen LogP contribution in [0.1, 0.15) is 31.2 Å². The molecule has 0 unspecified atom stereocenters. The van der Waals surface area contributed by atoms with Crippen molar-refractivity contribution in [3.63, 3.8) is 0 Å². The van der Waals surface area contributed by atoms with E-state index >= 15 is 0 Å². The lowest BCUT2D eigenvalue weighted by Gasteiger charge is -2.30. The van der Waals surface area contributed by atoms with Crippen molar-refractivity contribution in [3.05, 3.63) is 59.9 Å². The van der Waals surface area contributed by atoms with Crippen LogP contribution in [0, 0.1) is 0 Å². The Labute approximate surface area is 194 Å². The lowest BCUT2D eigenvalue weighted by atomic mass is 9.91. The molecule has 0 radical (unpaired) electrons. The van der Waals surface area contributed by atoms with E-state index in [9.17, 15) is 5.11 Å². The Morgan fingerprint density at radius 2 is 1.82 bits per heavy atom. The number of rotatable bonds is 6. The number of aromatic nitrogens is 2. The molecular formula is C26H31N5O2. The van der Waals surface area contributed by atoms with Crippen LogP contribution in [0.3, 0.4) is 0 Å². The smallest absolute Gasteiger partial charge is 0.225 e. The molecule has 33 heavy (non-hydrogen) atoms. The zero-order chi connectivity index (χ0) is 22.8. The van der Waals surface area contributed by atoms with Crippen LogP contribution < -0.4 is 20.3 Å². The van der Waals surface area contributed by atoms with Crippen LogP contribution in [0.2, 0.25) is 0 Å². The average Bonchev–Trinajstić information content (AvgIpc) is 2.82. The second-order valence-electron chi connectivity index (χ2n) is 9.22. The molecule has 1 aromatic heterocycles. The number of ether oxygens (including phenoxy) is 1. The van der Waals surface area contributed by atoms with Gasteiger partial charge in [-0.2, -0.15) is 4.98 Å². The Hall–Kier alpha value is -3.32. The first-order valence-corrected chi connectivity index (χ1v) is 11.7. The summed E-state index contributed by atoms with van der Waals surface area (Å²) in [6.07, 6.45) is 7.03. The van der Waals surface area contributed by atoms with Gasteiger partial charge < -0.3 is 25.4 Å². The lowest BCUT2D eigenvalue weighted by molar-refractivity contribution is 0.357. The van der Waals surface area contributed by atoms with Crippen molar-refractivity contribution >= 4 is 22.7 Å². The first-order valence-electron chi connectivity index (χ1n) is 11.7. The molecule has 0 amide bonds. The van der Waals surface area contributed by atoms with Crippen LogP contribution in [-0.2, 0) is 6.42 Å². The van der Waals surface area contributed by atoms with Crippen molar-refractivity contribution in [2.45, 2.75) is 44.2 Å². The minimum Gasteiger partial charge on any atom is -0.508 e. The Bertz CT molecular complexity index is 1170. The molecule has 7 heteroatoms. The number of phenolic OH excluding ortho intramolecular Hbond substituents is 1. The van der Waals surface area contributed by atoms with Crippen molar-refractivity contribution in [2.75, 3.05) is 30.9 Å². The van der Waals surface area contributed by atoms with E-state index < -0.39 is 0 Å². The van der Waals surface area contributed by atoms with Gasteiger partial charge in [0.05, 0.1) is 11.8 Å². The van der Waals surface area contributed by atoms with Gasteiger partial charge in [0.15, 0.2) is 0 Å². The summed E-state index contributed by atoms with van der Waals surface area (Å²) in [6, 6.07) is 14.3. The summed E-state index contributed by atoms with van der Waals surface area (Å²) in [4.78, 5) is 11.6. The summed E-state index contributed by atoms with van der Waals surface area (Å²) < 4.78 is 5.73. The number of nitrogens with zero attached hydrogens (tertiary/aromatic N) is 3. The van der Waals surface area contributed by atoms with Gasteiger partial charge in [0.2, 0.25) is 5.95 Å². The number of anilines is 2. The van der Waals surface area contributed by atoms with E-state index in [1.165, 1.54) is 5.57 Å². The predicted octanol–water partition coefficient (Wildman–Crippen LogP) is 4.23. The summed E-state index contributed by atoms with van der Waals surface area (Å²) in [7, 11) is 4.03. The molecule has 1 fully saturated rings. The van der Waals surface area contributed by atoms with E-state index in [1.807, 2.05) is 49.5 Å². The molecule has 7 nitrogen and oxygen atoms in total. The maximum Gasteiger partial charge on any atom is 0.225 e. The molecule has 3 aromatic rings. The molecule has 0 spiro atoms. The molecule has 1 aliphatic carbocycles. The molecule has 0 bridgehead atoms. The third kappa shape index (κ3) is 4.88. The van der Waals surface area contributed by atoms with Crippen LogP contribution in [0.25, 0.3) is 10.9 Å². The molecule has 172 valence electrons. The van der Waals surface area contributed by atoms with Gasteiger partial charge in [0.1, 0.15) is 17.3 Å². The SMILES string of the molecule is CN(C)c1nc(N[C@H]2CC[C@@H](NCC3=COc4ccc(O)cc4C3)CC2)nc2ccccc12. The van der Waals surface area contributed by atoms with Crippen molar-refractivity contribution in [1.29, 1.82) is 0 Å². The summed E-state index contributed by atoms with van der Waals surface area (Å²) in [6.45, 7) is 0.803. The van der Waals surface area contributed by atoms with Gasteiger partial charge in [-0.05, 0) is 61.6 Å². The molecule has 2 aromatic carbocycles. The molecular weight excluding hydrogens is 414 g/mol. The first kappa shape index (κ1) is 21.5. The maximum absolute atomic E-state index is 9.73. The van der Waals surface area contributed by atoms with Crippen LogP contribution in [0.4, 0.5) is 11.8 Å². The van der Waals surface area contributed by atoms with Gasteiger partial charge in [0, 0.05) is 50.1 Å². The third-order valence-electron chi connectivity index (χ3n) is 6.50. The Kier molecular flexibility index (Phi) is 6.05. The first-order chi connectivity index (χ1) is 16.0. The number of fused-ring (bicyclic) bond motifs is 2. The highest BCUT2D eigenvalue weighted by atomic mass is 16.5. The van der Waals surface area contributed by atoms with E-state index in [0.29, 0.717) is 18.0 Å². The van der Waals surface area contributed by atoms with Crippen LogP contribution >= 0.6 is 0 Å². The molecule has 5 rings (SSSR count). The van der Waals surface area contributed by atoms with E-state index in [2.05, 4.69) is 16.7 Å². The average molecular weight is 446 g/mol. The standard InChI is InChI=1S/C26H31N5O2/c1-31(2)25-22-5-3-4-6-23(22)29-26(30-25)28-20-9-7-19(8-10-20)27-15-17-13-18-14-21(32)11-12-24(18)33-16-17/h3-6,11-12,14,16,19-20,27,32H,7-10,13,15H2,1-2H3,(H,28,29,30)/t19-,20+. The fourth-order valence-corrected chi connectivity index (χ4v) is 4.72. The van der Waals surface area contributed by atoms with Gasteiger partial charge >= 0.3 is 0 Å². The number of hydrogen-bond acceptors (Lipinski definition) is 7. The zero-order valence-corrected chi connectivity index (χ0v) is 19.2. The molecule has 1 saturated carbocycles. The number of aromatic hydroxyl groups is 1. The minimum absolute atomic E-state index is 0.283. The highest BCUT2D eigenvalue weighted by molar-refractivity contribution is 5.90. The van der Waals surface area contributed by atoms with Crippen LogP contribution in [-0.4, -0.2) is 47.8 Å². The Morgan fingerprint density at radius 3 is 2.64 bits per heavy atom. The highest BCUT2D eigenvalue weighted by Crippen LogP contribution is 2.30. The zero-order valence-electron chi connectivity index (χ0n) is 19.2. The van der Waals surface area contributed by atoms with Gasteiger partial charge in [-0.15, -0.1) is 0 Å². The van der Waals surface area contributed by atoms with Crippen LogP contribution in [0.15, 0.2) is 54.3 Å². The second-order valence-corrected chi connectivity index (χ2v) is 9.22. The highest BCUT2D eigenvalue weighted by Gasteiger charge is 2.23. The summed E-state index contributed by atoms with van der Waals surface area (Å²) >= 11 is 0. The van der Waals surface area contributed by atoms with Crippen LogP contribution in [0.5, 0.6) is 11.5 Å². The number of hydrogen-bond donors (Lipinski definition) is 3. The molecule has 1 aliphatic heterocycles. The van der Waals surface area contributed by atoms with Crippen molar-refractivity contribution in [3.8, 4) is 11.5 Å². The lowest BCUT2D eigenvalue weighted by Crippen LogP contribution is -2.38. The van der Waals surface area contributed by atoms with E-state index in [4.69, 9.17) is 14.7 Å². The number of nitrogens with one attached hydrogen (secondary N) is 2. The van der Waals surface area contributed by atoms with Gasteiger partial charge in [0.25, 0.3) is 0 Å². The fourth-order valence-electron chi connectivity index (χ4n) is 4.72. The van der Waals surface area contributed by atoms with E-state index in [0.717, 1.165) is 66.7 Å². The van der Waals surface area contributed by atoms with Gasteiger partial charge in [-0.3, -0.25) is 0 Å². The third-order valence-corrected chi connectivity index (χ3v) is 6.50.